The van der Waals surface area contributed by atoms with E-state index in [1.54, 1.807) is 24.3 Å². The second kappa shape index (κ2) is 9.09. The molecule has 27 heavy (non-hydrogen) atoms. The minimum atomic E-state index is -0.185. The first kappa shape index (κ1) is 18.8. The summed E-state index contributed by atoms with van der Waals surface area (Å²) in [7, 11) is 0. The maximum atomic E-state index is 11.9. The Hall–Kier alpha value is -3.00. The van der Waals surface area contributed by atoms with Crippen LogP contribution in [0.4, 0.5) is 0 Å². The van der Waals surface area contributed by atoms with E-state index in [0.29, 0.717) is 31.3 Å². The number of aromatic nitrogens is 3. The van der Waals surface area contributed by atoms with Gasteiger partial charge < -0.3 is 14.6 Å². The quantitative estimate of drug-likeness (QED) is 0.600. The molecule has 0 saturated heterocycles. The molecule has 8 heteroatoms. The van der Waals surface area contributed by atoms with Gasteiger partial charge in [0.05, 0.1) is 10.7 Å². The number of thiazole rings is 1. The number of hydrogen-bond acceptors (Lipinski definition) is 7. The van der Waals surface area contributed by atoms with Crippen molar-refractivity contribution in [2.45, 2.75) is 26.9 Å². The van der Waals surface area contributed by atoms with Gasteiger partial charge in [-0.3, -0.25) is 4.79 Å². The summed E-state index contributed by atoms with van der Waals surface area (Å²) >= 11 is 1.60. The van der Waals surface area contributed by atoms with Crippen LogP contribution in [-0.4, -0.2) is 27.6 Å². The van der Waals surface area contributed by atoms with Crippen LogP contribution in [0.3, 0.4) is 0 Å². The third-order valence-corrected chi connectivity index (χ3v) is 4.37. The smallest absolute Gasteiger partial charge is 0.244 e. The number of carbonyl (C=O) groups excluding carboxylic acids is 1. The van der Waals surface area contributed by atoms with E-state index in [9.17, 15) is 4.79 Å². The molecule has 2 aromatic heterocycles. The van der Waals surface area contributed by atoms with Gasteiger partial charge in [-0.2, -0.15) is 4.98 Å². The van der Waals surface area contributed by atoms with Gasteiger partial charge in [-0.05, 0) is 37.6 Å². The highest BCUT2D eigenvalue weighted by molar-refractivity contribution is 7.09. The number of hydrogen-bond donors (Lipinski definition) is 1. The van der Waals surface area contributed by atoms with Crippen LogP contribution >= 0.6 is 11.3 Å². The van der Waals surface area contributed by atoms with Crippen LogP contribution in [0.15, 0.2) is 40.2 Å². The number of aryl methyl sites for hydroxylation is 2. The van der Waals surface area contributed by atoms with Crippen LogP contribution < -0.4 is 10.1 Å². The van der Waals surface area contributed by atoms with Crippen molar-refractivity contribution in [3.05, 3.63) is 63.7 Å². The first-order valence-corrected chi connectivity index (χ1v) is 9.35. The molecule has 3 aromatic rings. The second-order valence-electron chi connectivity index (χ2n) is 5.83. The van der Waals surface area contributed by atoms with E-state index >= 15 is 0 Å². The summed E-state index contributed by atoms with van der Waals surface area (Å²) in [4.78, 5) is 20.4. The Labute approximate surface area is 161 Å². The lowest BCUT2D eigenvalue weighted by Crippen LogP contribution is -2.23. The van der Waals surface area contributed by atoms with Crippen molar-refractivity contribution in [1.29, 1.82) is 0 Å². The van der Waals surface area contributed by atoms with Gasteiger partial charge in [0.25, 0.3) is 0 Å². The van der Waals surface area contributed by atoms with E-state index in [4.69, 9.17) is 9.26 Å². The number of nitrogens with one attached hydrogen (secondary N) is 1. The van der Waals surface area contributed by atoms with Gasteiger partial charge in [-0.15, -0.1) is 11.3 Å². The van der Waals surface area contributed by atoms with Gasteiger partial charge in [0.1, 0.15) is 12.4 Å². The molecule has 0 radical (unpaired) electrons. The fourth-order valence-electron chi connectivity index (χ4n) is 2.30. The molecule has 1 N–H and O–H groups in total. The zero-order valence-electron chi connectivity index (χ0n) is 15.1. The molecule has 2 heterocycles. The van der Waals surface area contributed by atoms with Crippen molar-refractivity contribution in [3.8, 4) is 5.75 Å². The number of nitrogens with zero attached hydrogens (tertiary/aromatic N) is 3. The average molecular weight is 384 g/mol. The molecule has 0 aliphatic rings. The normalized spacial score (nSPS) is 11.0. The molecule has 0 saturated carbocycles. The minimum absolute atomic E-state index is 0.185. The number of carbonyl (C=O) groups is 1. The van der Waals surface area contributed by atoms with Crippen molar-refractivity contribution in [2.75, 3.05) is 6.54 Å². The van der Waals surface area contributed by atoms with E-state index in [2.05, 4.69) is 20.4 Å². The van der Waals surface area contributed by atoms with E-state index in [1.165, 1.54) is 6.08 Å². The Morgan fingerprint density at radius 3 is 2.96 bits per heavy atom. The molecule has 3 rings (SSSR count). The molecule has 0 fully saturated rings. The summed E-state index contributed by atoms with van der Waals surface area (Å²) in [6.07, 6.45) is 3.73. The van der Waals surface area contributed by atoms with Crippen LogP contribution in [0.5, 0.6) is 5.75 Å². The maximum Gasteiger partial charge on any atom is 0.244 e. The molecular formula is C19H20N4O3S. The summed E-state index contributed by atoms with van der Waals surface area (Å²) in [6.45, 7) is 4.58. The number of ether oxygens (including phenoxy) is 1. The Kier molecular flexibility index (Phi) is 6.32. The predicted molar refractivity (Wildman–Crippen MR) is 102 cm³/mol. The van der Waals surface area contributed by atoms with Crippen molar-refractivity contribution < 1.29 is 14.1 Å². The fraction of sp³-hybridized carbons (Fsp3) is 0.263. The van der Waals surface area contributed by atoms with Crippen LogP contribution in [0.25, 0.3) is 6.08 Å². The Morgan fingerprint density at radius 2 is 2.22 bits per heavy atom. The van der Waals surface area contributed by atoms with Crippen molar-refractivity contribution in [3.63, 3.8) is 0 Å². The third kappa shape index (κ3) is 6.03. The molecule has 0 aliphatic heterocycles. The van der Waals surface area contributed by atoms with Gasteiger partial charge in [0.15, 0.2) is 5.82 Å². The zero-order chi connectivity index (χ0) is 19.1. The van der Waals surface area contributed by atoms with E-state index in [0.717, 1.165) is 22.0 Å². The molecule has 0 bridgehead atoms. The molecule has 1 amide bonds. The fourth-order valence-corrected chi connectivity index (χ4v) is 2.90. The zero-order valence-corrected chi connectivity index (χ0v) is 16.0. The van der Waals surface area contributed by atoms with Crippen LogP contribution in [0, 0.1) is 13.8 Å². The lowest BCUT2D eigenvalue weighted by Gasteiger charge is -2.05. The van der Waals surface area contributed by atoms with Gasteiger partial charge >= 0.3 is 0 Å². The topological polar surface area (TPSA) is 90.1 Å². The standard InChI is InChI=1S/C19H20N4O3S/c1-13-21-19(26-23-13)8-9-20-18(24)7-6-15-4-3-5-17(10-15)25-11-16-12-27-14(2)22-16/h3-7,10,12H,8-9,11H2,1-2H3,(H,20,24)/b7-6+. The average Bonchev–Trinajstić information content (AvgIpc) is 3.26. The number of amides is 1. The van der Waals surface area contributed by atoms with Gasteiger partial charge in [-0.1, -0.05) is 17.3 Å². The van der Waals surface area contributed by atoms with Crippen molar-refractivity contribution >= 4 is 23.3 Å². The molecule has 140 valence electrons. The van der Waals surface area contributed by atoms with E-state index in [1.807, 2.05) is 36.6 Å². The summed E-state index contributed by atoms with van der Waals surface area (Å²) in [6, 6.07) is 7.55. The molecule has 1 aromatic carbocycles. The second-order valence-corrected chi connectivity index (χ2v) is 6.89. The van der Waals surface area contributed by atoms with Gasteiger partial charge in [0, 0.05) is 24.4 Å². The first-order valence-electron chi connectivity index (χ1n) is 8.47. The van der Waals surface area contributed by atoms with E-state index in [-0.39, 0.29) is 5.91 Å². The van der Waals surface area contributed by atoms with Crippen LogP contribution in [0.2, 0.25) is 0 Å². The van der Waals surface area contributed by atoms with Crippen LogP contribution in [-0.2, 0) is 17.8 Å². The van der Waals surface area contributed by atoms with Crippen LogP contribution in [0.1, 0.15) is 28.0 Å². The molecule has 0 unspecified atom stereocenters. The highest BCUT2D eigenvalue weighted by Gasteiger charge is 2.03. The van der Waals surface area contributed by atoms with Gasteiger partial charge in [-0.25, -0.2) is 4.98 Å². The lowest BCUT2D eigenvalue weighted by atomic mass is 10.2. The highest BCUT2D eigenvalue weighted by atomic mass is 32.1. The first-order chi connectivity index (χ1) is 13.1. The Morgan fingerprint density at radius 1 is 1.33 bits per heavy atom. The molecule has 0 spiro atoms. The maximum absolute atomic E-state index is 11.9. The van der Waals surface area contributed by atoms with Crippen molar-refractivity contribution in [1.82, 2.24) is 20.4 Å². The van der Waals surface area contributed by atoms with Gasteiger partial charge in [0.2, 0.25) is 11.8 Å². The monoisotopic (exact) mass is 384 g/mol. The summed E-state index contributed by atoms with van der Waals surface area (Å²) < 4.78 is 10.8. The lowest BCUT2D eigenvalue weighted by molar-refractivity contribution is -0.116. The molecule has 0 atom stereocenters. The third-order valence-electron chi connectivity index (χ3n) is 3.55. The minimum Gasteiger partial charge on any atom is -0.487 e. The Bertz CT molecular complexity index is 932. The SMILES string of the molecule is Cc1noc(CCNC(=O)/C=C/c2cccc(OCc3csc(C)n3)c2)n1. The van der Waals surface area contributed by atoms with E-state index < -0.39 is 0 Å². The summed E-state index contributed by atoms with van der Waals surface area (Å²) in [5.41, 5.74) is 1.79. The Balaban J connectivity index is 1.46. The molecule has 0 aliphatic carbocycles. The molecular weight excluding hydrogens is 364 g/mol. The van der Waals surface area contributed by atoms with Crippen molar-refractivity contribution in [2.24, 2.45) is 0 Å². The predicted octanol–water partition coefficient (Wildman–Crippen LogP) is 3.09. The number of rotatable bonds is 8. The number of benzene rings is 1. The largest absolute Gasteiger partial charge is 0.487 e. The molecule has 7 nitrogen and oxygen atoms in total. The highest BCUT2D eigenvalue weighted by Crippen LogP contribution is 2.17. The summed E-state index contributed by atoms with van der Waals surface area (Å²) in [5, 5.41) is 9.49. The summed E-state index contributed by atoms with van der Waals surface area (Å²) in [5.74, 6) is 1.64.